The third-order valence-corrected chi connectivity index (χ3v) is 3.97. The van der Waals surface area contributed by atoms with Crippen LogP contribution in [0.25, 0.3) is 0 Å². The maximum Gasteiger partial charge on any atom is 0.407 e. The number of rotatable bonds is 6. The van der Waals surface area contributed by atoms with Crippen LogP contribution in [0.1, 0.15) is 0 Å². The van der Waals surface area contributed by atoms with Crippen molar-refractivity contribution in [2.24, 2.45) is 11.8 Å². The lowest BCUT2D eigenvalue weighted by Crippen LogP contribution is -2.27. The number of hydrogen-bond donors (Lipinski definition) is 1. The normalized spacial score (nSPS) is 24.0. The second kappa shape index (κ2) is 6.24. The van der Waals surface area contributed by atoms with Crippen LogP contribution in [0.2, 0.25) is 0 Å². The van der Waals surface area contributed by atoms with Crippen molar-refractivity contribution >= 4 is 26.3 Å². The number of likely N-dealkylation sites (tertiary alicyclic amines) is 1. The SMILES string of the molecule is CS(=O)(=O)OC[C@H]1CN(C(=O)O)C[C@@H]1COS(C)(=O)=O. The summed E-state index contributed by atoms with van der Waals surface area (Å²) in [4.78, 5) is 12.0. The lowest BCUT2D eigenvalue weighted by molar-refractivity contribution is 0.151. The van der Waals surface area contributed by atoms with Crippen molar-refractivity contribution in [3.05, 3.63) is 0 Å². The molecular weight excluding hydrogens is 314 g/mol. The minimum absolute atomic E-state index is 0.0721. The molecule has 0 unspecified atom stereocenters. The topological polar surface area (TPSA) is 127 Å². The van der Waals surface area contributed by atoms with E-state index in [1.807, 2.05) is 0 Å². The fraction of sp³-hybridized carbons (Fsp3) is 0.889. The average Bonchev–Trinajstić information content (AvgIpc) is 2.65. The molecule has 1 rings (SSSR count). The summed E-state index contributed by atoms with van der Waals surface area (Å²) in [5.41, 5.74) is 0. The Morgan fingerprint density at radius 1 is 1.05 bits per heavy atom. The van der Waals surface area contributed by atoms with Crippen molar-refractivity contribution in [3.63, 3.8) is 0 Å². The summed E-state index contributed by atoms with van der Waals surface area (Å²) in [5, 5.41) is 8.91. The van der Waals surface area contributed by atoms with Crippen LogP contribution in [-0.2, 0) is 28.6 Å². The van der Waals surface area contributed by atoms with Crippen molar-refractivity contribution in [3.8, 4) is 0 Å². The summed E-state index contributed by atoms with van der Waals surface area (Å²) in [6.45, 7) is -0.272. The monoisotopic (exact) mass is 331 g/mol. The summed E-state index contributed by atoms with van der Waals surface area (Å²) in [6, 6.07) is 0. The highest BCUT2D eigenvalue weighted by molar-refractivity contribution is 7.86. The maximum atomic E-state index is 10.9. The fourth-order valence-corrected chi connectivity index (χ4v) is 2.74. The van der Waals surface area contributed by atoms with Gasteiger partial charge in [-0.25, -0.2) is 4.79 Å². The Balaban J connectivity index is 2.68. The van der Waals surface area contributed by atoms with Crippen LogP contribution in [0.5, 0.6) is 0 Å². The van der Waals surface area contributed by atoms with Crippen LogP contribution in [-0.4, -0.2) is 71.8 Å². The molecule has 1 saturated heterocycles. The number of carboxylic acid groups (broad SMARTS) is 1. The first kappa shape index (κ1) is 17.1. The molecule has 11 heteroatoms. The van der Waals surface area contributed by atoms with Gasteiger partial charge in [0.25, 0.3) is 20.2 Å². The van der Waals surface area contributed by atoms with Gasteiger partial charge in [-0.2, -0.15) is 16.8 Å². The lowest BCUT2D eigenvalue weighted by atomic mass is 9.98. The molecular formula is C9H17NO8S2. The molecule has 0 aromatic heterocycles. The van der Waals surface area contributed by atoms with Gasteiger partial charge < -0.3 is 10.0 Å². The van der Waals surface area contributed by atoms with E-state index in [0.29, 0.717) is 0 Å². The average molecular weight is 331 g/mol. The minimum atomic E-state index is -3.64. The van der Waals surface area contributed by atoms with Gasteiger partial charge >= 0.3 is 6.09 Å². The van der Waals surface area contributed by atoms with Crippen molar-refractivity contribution in [1.82, 2.24) is 4.90 Å². The lowest BCUT2D eigenvalue weighted by Gasteiger charge is -2.16. The van der Waals surface area contributed by atoms with Crippen LogP contribution >= 0.6 is 0 Å². The van der Waals surface area contributed by atoms with E-state index in [1.54, 1.807) is 0 Å². The molecule has 0 aromatic carbocycles. The number of nitrogens with zero attached hydrogens (tertiary/aromatic N) is 1. The van der Waals surface area contributed by atoms with Crippen molar-refractivity contribution in [2.45, 2.75) is 0 Å². The molecule has 1 heterocycles. The van der Waals surface area contributed by atoms with Gasteiger partial charge in [-0.05, 0) is 0 Å². The van der Waals surface area contributed by atoms with Crippen molar-refractivity contribution in [2.75, 3.05) is 38.8 Å². The molecule has 118 valence electrons. The van der Waals surface area contributed by atoms with Gasteiger partial charge in [0, 0.05) is 24.9 Å². The zero-order valence-corrected chi connectivity index (χ0v) is 12.7. The predicted octanol–water partition coefficient (Wildman–Crippen LogP) is -0.835. The first-order chi connectivity index (χ1) is 8.98. The van der Waals surface area contributed by atoms with Gasteiger partial charge in [-0.3, -0.25) is 8.37 Å². The molecule has 1 aliphatic rings. The number of hydrogen-bond acceptors (Lipinski definition) is 7. The number of amides is 1. The third kappa shape index (κ3) is 6.03. The Bertz CT molecular complexity index is 510. The summed E-state index contributed by atoms with van der Waals surface area (Å²) in [5.74, 6) is -0.884. The molecule has 20 heavy (non-hydrogen) atoms. The summed E-state index contributed by atoms with van der Waals surface area (Å²) in [6.07, 6.45) is 0.619. The molecule has 0 aliphatic carbocycles. The van der Waals surface area contributed by atoms with Crippen LogP contribution < -0.4 is 0 Å². The van der Waals surface area contributed by atoms with E-state index in [4.69, 9.17) is 5.11 Å². The van der Waals surface area contributed by atoms with E-state index >= 15 is 0 Å². The van der Waals surface area contributed by atoms with E-state index in [1.165, 1.54) is 0 Å². The summed E-state index contributed by atoms with van der Waals surface area (Å²) < 4.78 is 53.1. The van der Waals surface area contributed by atoms with Gasteiger partial charge in [0.15, 0.2) is 0 Å². The summed E-state index contributed by atoms with van der Waals surface area (Å²) in [7, 11) is -7.28. The largest absolute Gasteiger partial charge is 0.465 e. The Labute approximate surface area is 117 Å². The quantitative estimate of drug-likeness (QED) is 0.624. The van der Waals surface area contributed by atoms with Gasteiger partial charge in [0.1, 0.15) is 0 Å². The molecule has 0 aromatic rings. The van der Waals surface area contributed by atoms with E-state index in [-0.39, 0.29) is 26.3 Å². The Hall–Kier alpha value is -0.910. The second-order valence-corrected chi connectivity index (χ2v) is 7.97. The highest BCUT2D eigenvalue weighted by Gasteiger charge is 2.36. The van der Waals surface area contributed by atoms with E-state index in [0.717, 1.165) is 17.4 Å². The van der Waals surface area contributed by atoms with Crippen LogP contribution in [0, 0.1) is 11.8 Å². The molecule has 9 nitrogen and oxygen atoms in total. The highest BCUT2D eigenvalue weighted by Crippen LogP contribution is 2.25. The Kier molecular flexibility index (Phi) is 5.35. The van der Waals surface area contributed by atoms with Crippen molar-refractivity contribution < 1.29 is 35.1 Å². The first-order valence-electron chi connectivity index (χ1n) is 5.64. The second-order valence-electron chi connectivity index (χ2n) is 4.69. The maximum absolute atomic E-state index is 10.9. The van der Waals surface area contributed by atoms with Gasteiger partial charge in [0.05, 0.1) is 25.7 Å². The Morgan fingerprint density at radius 3 is 1.65 bits per heavy atom. The van der Waals surface area contributed by atoms with Gasteiger partial charge in [0.2, 0.25) is 0 Å². The van der Waals surface area contributed by atoms with E-state index in [9.17, 15) is 21.6 Å². The molecule has 1 fully saturated rings. The van der Waals surface area contributed by atoms with E-state index in [2.05, 4.69) is 8.37 Å². The zero-order valence-electron chi connectivity index (χ0n) is 11.1. The van der Waals surface area contributed by atoms with Crippen LogP contribution in [0.4, 0.5) is 4.79 Å². The van der Waals surface area contributed by atoms with Crippen LogP contribution in [0.3, 0.4) is 0 Å². The predicted molar refractivity (Wildman–Crippen MR) is 68.2 cm³/mol. The van der Waals surface area contributed by atoms with Gasteiger partial charge in [-0.15, -0.1) is 0 Å². The van der Waals surface area contributed by atoms with Crippen molar-refractivity contribution in [1.29, 1.82) is 0 Å². The fourth-order valence-electron chi connectivity index (χ4n) is 1.89. The summed E-state index contributed by atoms with van der Waals surface area (Å²) >= 11 is 0. The zero-order chi connectivity index (χ0) is 15.6. The van der Waals surface area contributed by atoms with Gasteiger partial charge in [-0.1, -0.05) is 0 Å². The molecule has 2 atom stereocenters. The standard InChI is InChI=1S/C9H17NO8S2/c1-19(13,14)17-5-7-3-10(9(11)12)4-8(7)6-18-20(2,15)16/h7-8H,3-6H2,1-2H3,(H,11,12)/t7-,8-/m1/s1. The molecule has 1 aliphatic heterocycles. The molecule has 1 N–H and O–H groups in total. The first-order valence-corrected chi connectivity index (χ1v) is 9.28. The third-order valence-electron chi connectivity index (χ3n) is 2.84. The molecule has 0 spiro atoms. The van der Waals surface area contributed by atoms with E-state index < -0.39 is 38.2 Å². The molecule has 0 bridgehead atoms. The molecule has 0 saturated carbocycles. The smallest absolute Gasteiger partial charge is 0.407 e. The molecule has 1 amide bonds. The minimum Gasteiger partial charge on any atom is -0.465 e. The molecule has 0 radical (unpaired) electrons. The van der Waals surface area contributed by atoms with Crippen LogP contribution in [0.15, 0.2) is 0 Å². The Morgan fingerprint density at radius 2 is 1.40 bits per heavy atom. The highest BCUT2D eigenvalue weighted by atomic mass is 32.2. The number of carbonyl (C=O) groups is 1.